The molecule has 2 aliphatic heterocycles. The van der Waals surface area contributed by atoms with Gasteiger partial charge in [-0.3, -0.25) is 4.79 Å². The highest BCUT2D eigenvalue weighted by Gasteiger charge is 2.26. The van der Waals surface area contributed by atoms with Gasteiger partial charge in [0, 0.05) is 12.6 Å². The molecule has 0 saturated carbocycles. The van der Waals surface area contributed by atoms with Crippen LogP contribution in [0.25, 0.3) is 0 Å². The minimum atomic E-state index is 0.145. The minimum Gasteiger partial charge on any atom is -0.370 e. The summed E-state index contributed by atoms with van der Waals surface area (Å²) in [6.07, 6.45) is 3.61. The molecule has 2 fully saturated rings. The van der Waals surface area contributed by atoms with E-state index in [1.165, 1.54) is 12.8 Å². The molecule has 0 bridgehead atoms. The molecule has 1 N–H and O–H groups in total. The third kappa shape index (κ3) is 2.69. The molecule has 0 aromatic rings. The van der Waals surface area contributed by atoms with Crippen LogP contribution in [0.1, 0.15) is 26.2 Å². The van der Waals surface area contributed by atoms with Gasteiger partial charge in [0.25, 0.3) is 0 Å². The van der Waals surface area contributed by atoms with E-state index in [0.29, 0.717) is 12.6 Å². The lowest BCUT2D eigenvalue weighted by molar-refractivity contribution is -0.147. The van der Waals surface area contributed by atoms with E-state index in [2.05, 4.69) is 12.2 Å². The summed E-state index contributed by atoms with van der Waals surface area (Å²) in [6.45, 7) is 5.02. The first-order chi connectivity index (χ1) is 7.27. The smallest absolute Gasteiger partial charge is 0.248 e. The standard InChI is InChI=1S/C11H20N2O2/c1-9-7-15-8-11(14)13(9)6-4-10-3-2-5-12-10/h9-10,12H,2-8H2,1H3. The first-order valence-corrected chi connectivity index (χ1v) is 5.88. The van der Waals surface area contributed by atoms with Crippen molar-refractivity contribution in [3.8, 4) is 0 Å². The summed E-state index contributed by atoms with van der Waals surface area (Å²) >= 11 is 0. The molecular formula is C11H20N2O2. The van der Waals surface area contributed by atoms with Crippen LogP contribution in [0.5, 0.6) is 0 Å². The van der Waals surface area contributed by atoms with E-state index >= 15 is 0 Å². The van der Waals surface area contributed by atoms with Crippen molar-refractivity contribution < 1.29 is 9.53 Å². The summed E-state index contributed by atoms with van der Waals surface area (Å²) in [6, 6.07) is 0.862. The van der Waals surface area contributed by atoms with Crippen LogP contribution in [-0.4, -0.2) is 49.2 Å². The molecule has 0 aromatic carbocycles. The maximum atomic E-state index is 11.6. The van der Waals surface area contributed by atoms with E-state index in [1.54, 1.807) is 0 Å². The Morgan fingerprint density at radius 3 is 3.13 bits per heavy atom. The highest BCUT2D eigenvalue weighted by atomic mass is 16.5. The third-order valence-corrected chi connectivity index (χ3v) is 3.32. The van der Waals surface area contributed by atoms with E-state index < -0.39 is 0 Å². The molecule has 15 heavy (non-hydrogen) atoms. The van der Waals surface area contributed by atoms with Gasteiger partial charge >= 0.3 is 0 Å². The number of carbonyl (C=O) groups is 1. The van der Waals surface area contributed by atoms with Gasteiger partial charge in [-0.05, 0) is 32.7 Å². The first-order valence-electron chi connectivity index (χ1n) is 5.88. The van der Waals surface area contributed by atoms with Crippen LogP contribution in [0.15, 0.2) is 0 Å². The lowest BCUT2D eigenvalue weighted by Gasteiger charge is -2.33. The number of nitrogens with zero attached hydrogens (tertiary/aromatic N) is 1. The molecule has 2 rings (SSSR count). The minimum absolute atomic E-state index is 0.145. The van der Waals surface area contributed by atoms with Gasteiger partial charge in [-0.15, -0.1) is 0 Å². The molecule has 2 aliphatic rings. The Hall–Kier alpha value is -0.610. The number of nitrogens with one attached hydrogen (secondary N) is 1. The second-order valence-electron chi connectivity index (χ2n) is 4.53. The predicted octanol–water partition coefficient (Wildman–Crippen LogP) is 0.376. The van der Waals surface area contributed by atoms with Crippen LogP contribution in [0.4, 0.5) is 0 Å². The van der Waals surface area contributed by atoms with Crippen molar-refractivity contribution in [1.82, 2.24) is 10.2 Å². The number of hydrogen-bond donors (Lipinski definition) is 1. The molecule has 0 aromatic heterocycles. The van der Waals surface area contributed by atoms with Crippen LogP contribution < -0.4 is 5.32 Å². The Kier molecular flexibility index (Phi) is 3.59. The molecule has 1 amide bonds. The molecule has 0 spiro atoms. The average Bonchev–Trinajstić information content (AvgIpc) is 2.70. The summed E-state index contributed by atoms with van der Waals surface area (Å²) < 4.78 is 5.19. The number of morpholine rings is 1. The summed E-state index contributed by atoms with van der Waals surface area (Å²) in [5.41, 5.74) is 0. The van der Waals surface area contributed by atoms with Gasteiger partial charge in [-0.25, -0.2) is 0 Å². The van der Waals surface area contributed by atoms with Crippen LogP contribution in [0, 0.1) is 0 Å². The number of ether oxygens (including phenoxy) is 1. The maximum Gasteiger partial charge on any atom is 0.248 e. The fourth-order valence-electron chi connectivity index (χ4n) is 2.38. The van der Waals surface area contributed by atoms with E-state index in [4.69, 9.17) is 4.74 Å². The highest BCUT2D eigenvalue weighted by Crippen LogP contribution is 2.13. The van der Waals surface area contributed by atoms with E-state index in [9.17, 15) is 4.79 Å². The van der Waals surface area contributed by atoms with Crippen LogP contribution in [0.2, 0.25) is 0 Å². The highest BCUT2D eigenvalue weighted by molar-refractivity contribution is 5.78. The Morgan fingerprint density at radius 2 is 2.47 bits per heavy atom. The zero-order valence-corrected chi connectivity index (χ0v) is 9.37. The summed E-state index contributed by atoms with van der Waals surface area (Å²) in [5, 5.41) is 3.46. The zero-order valence-electron chi connectivity index (χ0n) is 9.37. The van der Waals surface area contributed by atoms with Crippen molar-refractivity contribution >= 4 is 5.91 Å². The topological polar surface area (TPSA) is 41.6 Å². The van der Waals surface area contributed by atoms with Gasteiger partial charge in [-0.2, -0.15) is 0 Å². The Bertz CT molecular complexity index is 227. The summed E-state index contributed by atoms with van der Waals surface area (Å²) in [7, 11) is 0. The van der Waals surface area contributed by atoms with Crippen LogP contribution in [-0.2, 0) is 9.53 Å². The van der Waals surface area contributed by atoms with Crippen molar-refractivity contribution in [2.75, 3.05) is 26.3 Å². The fourth-order valence-corrected chi connectivity index (χ4v) is 2.38. The second-order valence-corrected chi connectivity index (χ2v) is 4.53. The Labute approximate surface area is 91.0 Å². The lowest BCUT2D eigenvalue weighted by Crippen LogP contribution is -2.49. The van der Waals surface area contributed by atoms with E-state index in [1.807, 2.05) is 4.90 Å². The summed E-state index contributed by atoms with van der Waals surface area (Å²) in [4.78, 5) is 13.6. The molecule has 2 unspecified atom stereocenters. The van der Waals surface area contributed by atoms with Gasteiger partial charge in [0.15, 0.2) is 0 Å². The zero-order chi connectivity index (χ0) is 10.7. The van der Waals surface area contributed by atoms with Crippen molar-refractivity contribution in [2.24, 2.45) is 0 Å². The van der Waals surface area contributed by atoms with Crippen molar-refractivity contribution in [3.05, 3.63) is 0 Å². The molecule has 86 valence electrons. The number of carbonyl (C=O) groups excluding carboxylic acids is 1. The van der Waals surface area contributed by atoms with Gasteiger partial charge in [0.05, 0.1) is 12.6 Å². The van der Waals surface area contributed by atoms with Crippen molar-refractivity contribution in [2.45, 2.75) is 38.3 Å². The quantitative estimate of drug-likeness (QED) is 0.735. The van der Waals surface area contributed by atoms with Crippen LogP contribution in [0.3, 0.4) is 0 Å². The normalized spacial score (nSPS) is 32.3. The molecule has 4 nitrogen and oxygen atoms in total. The Balaban J connectivity index is 1.78. The third-order valence-electron chi connectivity index (χ3n) is 3.32. The average molecular weight is 212 g/mol. The van der Waals surface area contributed by atoms with Crippen molar-refractivity contribution in [3.63, 3.8) is 0 Å². The van der Waals surface area contributed by atoms with Crippen LogP contribution >= 0.6 is 0 Å². The monoisotopic (exact) mass is 212 g/mol. The SMILES string of the molecule is CC1COCC(=O)N1CCC1CCCN1. The number of rotatable bonds is 3. The lowest BCUT2D eigenvalue weighted by atomic mass is 10.1. The molecule has 4 heteroatoms. The van der Waals surface area contributed by atoms with Gasteiger partial charge < -0.3 is 15.0 Å². The molecular weight excluding hydrogens is 192 g/mol. The van der Waals surface area contributed by atoms with E-state index in [0.717, 1.165) is 19.5 Å². The van der Waals surface area contributed by atoms with Gasteiger partial charge in [0.1, 0.15) is 6.61 Å². The van der Waals surface area contributed by atoms with Gasteiger partial charge in [-0.1, -0.05) is 0 Å². The maximum absolute atomic E-state index is 11.6. The first kappa shape index (κ1) is 10.9. The van der Waals surface area contributed by atoms with E-state index in [-0.39, 0.29) is 18.6 Å². The predicted molar refractivity (Wildman–Crippen MR) is 57.6 cm³/mol. The van der Waals surface area contributed by atoms with Crippen molar-refractivity contribution in [1.29, 1.82) is 0 Å². The molecule has 0 aliphatic carbocycles. The number of hydrogen-bond acceptors (Lipinski definition) is 3. The molecule has 0 radical (unpaired) electrons. The molecule has 2 atom stereocenters. The molecule has 2 heterocycles. The largest absolute Gasteiger partial charge is 0.370 e. The molecule has 2 saturated heterocycles. The second kappa shape index (κ2) is 4.94. The van der Waals surface area contributed by atoms with Gasteiger partial charge in [0.2, 0.25) is 5.91 Å². The summed E-state index contributed by atoms with van der Waals surface area (Å²) in [5.74, 6) is 0.145. The number of amides is 1. The fraction of sp³-hybridized carbons (Fsp3) is 0.909. The Morgan fingerprint density at radius 1 is 1.60 bits per heavy atom.